The van der Waals surface area contributed by atoms with Gasteiger partial charge >= 0.3 is 5.97 Å². The van der Waals surface area contributed by atoms with E-state index in [-0.39, 0.29) is 12.0 Å². The van der Waals surface area contributed by atoms with E-state index >= 15 is 0 Å². The lowest BCUT2D eigenvalue weighted by atomic mass is 10.0. The summed E-state index contributed by atoms with van der Waals surface area (Å²) in [6, 6.07) is -0.0908. The number of ether oxygens (including phenoxy) is 2. The summed E-state index contributed by atoms with van der Waals surface area (Å²) in [4.78, 5) is 11.6. The molecule has 2 aliphatic rings. The molecule has 0 amide bonds. The van der Waals surface area contributed by atoms with E-state index in [4.69, 9.17) is 9.47 Å². The number of carbonyl (C=O) groups excluding carboxylic acids is 1. The summed E-state index contributed by atoms with van der Waals surface area (Å²) >= 11 is 0. The highest BCUT2D eigenvalue weighted by molar-refractivity contribution is 5.76. The Labute approximate surface area is 96.7 Å². The van der Waals surface area contributed by atoms with E-state index < -0.39 is 0 Å². The zero-order valence-electron chi connectivity index (χ0n) is 9.91. The molecule has 1 saturated heterocycles. The number of esters is 1. The molecule has 1 aliphatic carbocycles. The lowest BCUT2D eigenvalue weighted by Crippen LogP contribution is -2.43. The maximum absolute atomic E-state index is 11.6. The molecule has 4 nitrogen and oxygen atoms in total. The molecule has 1 heterocycles. The predicted molar refractivity (Wildman–Crippen MR) is 60.1 cm³/mol. The standard InChI is InChI=1S/C12H21NO3/c1-15-12(14)11(10-4-5-10)13-7-9-3-2-6-16-8-9/h9-11,13H,2-8H2,1H3. The Morgan fingerprint density at radius 3 is 2.88 bits per heavy atom. The molecule has 0 radical (unpaired) electrons. The van der Waals surface area contributed by atoms with Gasteiger partial charge in [-0.05, 0) is 37.5 Å². The number of carbonyl (C=O) groups is 1. The molecule has 0 aromatic rings. The fourth-order valence-corrected chi connectivity index (χ4v) is 2.26. The van der Waals surface area contributed by atoms with Gasteiger partial charge in [0.1, 0.15) is 6.04 Å². The SMILES string of the molecule is COC(=O)C(NCC1CCCOC1)C1CC1. The molecule has 0 spiro atoms. The fraction of sp³-hybridized carbons (Fsp3) is 0.917. The first-order valence-electron chi connectivity index (χ1n) is 6.20. The summed E-state index contributed by atoms with van der Waals surface area (Å²) in [6.45, 7) is 2.58. The number of nitrogens with one attached hydrogen (secondary N) is 1. The van der Waals surface area contributed by atoms with Crippen LogP contribution in [0, 0.1) is 11.8 Å². The van der Waals surface area contributed by atoms with Gasteiger partial charge in [0.25, 0.3) is 0 Å². The largest absolute Gasteiger partial charge is 0.468 e. The maximum Gasteiger partial charge on any atom is 0.323 e. The van der Waals surface area contributed by atoms with Crippen LogP contribution >= 0.6 is 0 Å². The minimum absolute atomic E-state index is 0.0908. The van der Waals surface area contributed by atoms with E-state index in [9.17, 15) is 4.79 Å². The highest BCUT2D eigenvalue weighted by Crippen LogP contribution is 2.33. The minimum Gasteiger partial charge on any atom is -0.468 e. The van der Waals surface area contributed by atoms with E-state index in [1.165, 1.54) is 13.5 Å². The van der Waals surface area contributed by atoms with Crippen molar-refractivity contribution in [2.24, 2.45) is 11.8 Å². The molecule has 2 fully saturated rings. The Balaban J connectivity index is 1.74. The van der Waals surface area contributed by atoms with Gasteiger partial charge in [-0.3, -0.25) is 4.79 Å². The van der Waals surface area contributed by atoms with Crippen LogP contribution in [0.5, 0.6) is 0 Å². The quantitative estimate of drug-likeness (QED) is 0.711. The molecule has 0 aromatic carbocycles. The molecule has 16 heavy (non-hydrogen) atoms. The molecular weight excluding hydrogens is 206 g/mol. The van der Waals surface area contributed by atoms with Crippen LogP contribution in [-0.4, -0.2) is 38.9 Å². The summed E-state index contributed by atoms with van der Waals surface area (Å²) in [7, 11) is 1.46. The van der Waals surface area contributed by atoms with Crippen LogP contribution in [0.25, 0.3) is 0 Å². The monoisotopic (exact) mass is 227 g/mol. The van der Waals surface area contributed by atoms with Gasteiger partial charge in [-0.25, -0.2) is 0 Å². The van der Waals surface area contributed by atoms with E-state index in [0.29, 0.717) is 11.8 Å². The molecule has 0 bridgehead atoms. The first-order chi connectivity index (χ1) is 7.81. The van der Waals surface area contributed by atoms with E-state index in [1.54, 1.807) is 0 Å². The first kappa shape index (κ1) is 11.9. The molecule has 2 rings (SSSR count). The third kappa shape index (κ3) is 3.19. The van der Waals surface area contributed by atoms with Gasteiger partial charge < -0.3 is 14.8 Å². The molecule has 2 atom stereocenters. The highest BCUT2D eigenvalue weighted by Gasteiger charge is 2.36. The zero-order chi connectivity index (χ0) is 11.4. The second-order valence-electron chi connectivity index (χ2n) is 4.83. The number of hydrogen-bond acceptors (Lipinski definition) is 4. The zero-order valence-corrected chi connectivity index (χ0v) is 9.91. The predicted octanol–water partition coefficient (Wildman–Crippen LogP) is 0.954. The van der Waals surface area contributed by atoms with Crippen LogP contribution in [0.4, 0.5) is 0 Å². The Morgan fingerprint density at radius 2 is 2.31 bits per heavy atom. The lowest BCUT2D eigenvalue weighted by Gasteiger charge is -2.24. The highest BCUT2D eigenvalue weighted by atomic mass is 16.5. The van der Waals surface area contributed by atoms with Crippen molar-refractivity contribution in [1.29, 1.82) is 0 Å². The van der Waals surface area contributed by atoms with Gasteiger partial charge in [0.15, 0.2) is 0 Å². The van der Waals surface area contributed by atoms with Crippen LogP contribution in [0.3, 0.4) is 0 Å². The number of rotatable bonds is 5. The third-order valence-electron chi connectivity index (χ3n) is 3.43. The summed E-state index contributed by atoms with van der Waals surface area (Å²) in [5, 5.41) is 3.35. The fourth-order valence-electron chi connectivity index (χ4n) is 2.26. The van der Waals surface area contributed by atoms with Crippen LogP contribution in [-0.2, 0) is 14.3 Å². The smallest absolute Gasteiger partial charge is 0.323 e. The molecule has 2 unspecified atom stereocenters. The summed E-state index contributed by atoms with van der Waals surface area (Å²) in [5.74, 6) is 0.941. The van der Waals surface area contributed by atoms with Gasteiger partial charge in [-0.1, -0.05) is 0 Å². The van der Waals surface area contributed by atoms with E-state index in [0.717, 1.165) is 39.0 Å². The molecule has 4 heteroatoms. The van der Waals surface area contributed by atoms with Crippen molar-refractivity contribution in [3.8, 4) is 0 Å². The van der Waals surface area contributed by atoms with Crippen molar-refractivity contribution >= 4 is 5.97 Å². The average Bonchev–Trinajstić information content (AvgIpc) is 3.15. The molecular formula is C12H21NO3. The number of hydrogen-bond donors (Lipinski definition) is 1. The summed E-state index contributed by atoms with van der Waals surface area (Å²) in [5.41, 5.74) is 0. The Kier molecular flexibility index (Phi) is 4.18. The van der Waals surface area contributed by atoms with Crippen molar-refractivity contribution in [3.05, 3.63) is 0 Å². The van der Waals surface area contributed by atoms with Crippen LogP contribution in [0.2, 0.25) is 0 Å². The first-order valence-corrected chi connectivity index (χ1v) is 6.20. The number of methoxy groups -OCH3 is 1. The summed E-state index contributed by atoms with van der Waals surface area (Å²) < 4.78 is 10.2. The minimum atomic E-state index is -0.112. The van der Waals surface area contributed by atoms with Crippen LogP contribution in [0.1, 0.15) is 25.7 Å². The van der Waals surface area contributed by atoms with Gasteiger partial charge in [-0.2, -0.15) is 0 Å². The molecule has 92 valence electrons. The molecule has 1 aliphatic heterocycles. The summed E-state index contributed by atoms with van der Waals surface area (Å²) in [6.07, 6.45) is 4.63. The Morgan fingerprint density at radius 1 is 1.50 bits per heavy atom. The molecule has 1 saturated carbocycles. The van der Waals surface area contributed by atoms with Crippen LogP contribution < -0.4 is 5.32 Å². The average molecular weight is 227 g/mol. The van der Waals surface area contributed by atoms with Crippen molar-refractivity contribution in [2.75, 3.05) is 26.9 Å². The van der Waals surface area contributed by atoms with Gasteiger partial charge in [-0.15, -0.1) is 0 Å². The second-order valence-corrected chi connectivity index (χ2v) is 4.83. The Hall–Kier alpha value is -0.610. The lowest BCUT2D eigenvalue weighted by molar-refractivity contribution is -0.143. The Bertz CT molecular complexity index is 234. The topological polar surface area (TPSA) is 47.6 Å². The molecule has 0 aromatic heterocycles. The molecule has 1 N–H and O–H groups in total. The van der Waals surface area contributed by atoms with Gasteiger partial charge in [0.05, 0.1) is 13.7 Å². The van der Waals surface area contributed by atoms with Gasteiger partial charge in [0.2, 0.25) is 0 Å². The van der Waals surface area contributed by atoms with Crippen molar-refractivity contribution in [2.45, 2.75) is 31.7 Å². The normalized spacial score (nSPS) is 27.4. The third-order valence-corrected chi connectivity index (χ3v) is 3.43. The van der Waals surface area contributed by atoms with Gasteiger partial charge in [0, 0.05) is 13.2 Å². The van der Waals surface area contributed by atoms with Crippen molar-refractivity contribution < 1.29 is 14.3 Å². The van der Waals surface area contributed by atoms with Crippen LogP contribution in [0.15, 0.2) is 0 Å². The van der Waals surface area contributed by atoms with Crippen molar-refractivity contribution in [3.63, 3.8) is 0 Å². The maximum atomic E-state index is 11.6. The van der Waals surface area contributed by atoms with E-state index in [2.05, 4.69) is 5.32 Å². The van der Waals surface area contributed by atoms with E-state index in [1.807, 2.05) is 0 Å². The second kappa shape index (κ2) is 5.64. The van der Waals surface area contributed by atoms with Crippen molar-refractivity contribution in [1.82, 2.24) is 5.32 Å².